The summed E-state index contributed by atoms with van der Waals surface area (Å²) in [6.45, 7) is 3.07. The highest BCUT2D eigenvalue weighted by Crippen LogP contribution is 2.60. The lowest BCUT2D eigenvalue weighted by molar-refractivity contribution is -0.140. The van der Waals surface area contributed by atoms with Crippen molar-refractivity contribution in [1.82, 2.24) is 10.2 Å². The van der Waals surface area contributed by atoms with Crippen molar-refractivity contribution in [2.45, 2.75) is 51.4 Å². The molecule has 1 amide bonds. The second kappa shape index (κ2) is 6.32. The molecule has 0 unspecified atom stereocenters. The number of amides is 1. The maximum Gasteiger partial charge on any atom is 0.225 e. The number of nitrogens with one attached hydrogen (secondary N) is 1. The maximum absolute atomic E-state index is 12.7. The van der Waals surface area contributed by atoms with Crippen molar-refractivity contribution in [2.24, 2.45) is 29.1 Å². The van der Waals surface area contributed by atoms with Crippen LogP contribution in [0, 0.1) is 29.1 Å². The minimum atomic E-state index is 0. The average molecular weight is 327 g/mol. The van der Waals surface area contributed by atoms with E-state index in [4.69, 9.17) is 0 Å². The van der Waals surface area contributed by atoms with E-state index in [1.165, 1.54) is 38.5 Å². The number of hydrogen-bond donors (Lipinski definition) is 1. The van der Waals surface area contributed by atoms with Gasteiger partial charge in [-0.2, -0.15) is 0 Å². The lowest BCUT2D eigenvalue weighted by Crippen LogP contribution is -2.52. The Bertz CT molecular complexity index is 384. The standard InChI is InChI=1S/C18H30N2O.ClH/c1-20(17(21)16-2-4-19-5-3-16)12-18-9-13-6-14(10-18)8-15(7-13)11-18;/h13-16,19H,2-12H2,1H3;1H. The first kappa shape index (κ1) is 16.6. The molecule has 4 bridgehead atoms. The van der Waals surface area contributed by atoms with E-state index < -0.39 is 0 Å². The lowest BCUT2D eigenvalue weighted by atomic mass is 9.49. The molecule has 22 heavy (non-hydrogen) atoms. The fourth-order valence-corrected chi connectivity index (χ4v) is 6.45. The maximum atomic E-state index is 12.7. The Kier molecular flexibility index (Phi) is 4.76. The third-order valence-electron chi connectivity index (χ3n) is 6.80. The zero-order chi connectivity index (χ0) is 14.4. The summed E-state index contributed by atoms with van der Waals surface area (Å²) in [4.78, 5) is 14.8. The Hall–Kier alpha value is -0.280. The SMILES string of the molecule is CN(CC12CC3CC(CC(C3)C1)C2)C(=O)C1CCNCC1.Cl. The fraction of sp³-hybridized carbons (Fsp3) is 0.944. The third-order valence-corrected chi connectivity index (χ3v) is 6.80. The van der Waals surface area contributed by atoms with Crippen molar-refractivity contribution in [3.8, 4) is 0 Å². The molecule has 0 aromatic rings. The molecule has 1 N–H and O–H groups in total. The predicted molar refractivity (Wildman–Crippen MR) is 91.1 cm³/mol. The number of hydrogen-bond acceptors (Lipinski definition) is 2. The molecule has 1 saturated heterocycles. The molecule has 0 spiro atoms. The van der Waals surface area contributed by atoms with Gasteiger partial charge in [-0.1, -0.05) is 0 Å². The molecular weight excluding hydrogens is 296 g/mol. The molecule has 5 aliphatic rings. The van der Waals surface area contributed by atoms with E-state index in [9.17, 15) is 4.79 Å². The van der Waals surface area contributed by atoms with Gasteiger partial charge in [0.2, 0.25) is 5.91 Å². The zero-order valence-electron chi connectivity index (χ0n) is 13.9. The van der Waals surface area contributed by atoms with E-state index in [2.05, 4.69) is 17.3 Å². The molecule has 3 nitrogen and oxygen atoms in total. The van der Waals surface area contributed by atoms with Crippen molar-refractivity contribution in [3.05, 3.63) is 0 Å². The molecule has 4 aliphatic carbocycles. The monoisotopic (exact) mass is 326 g/mol. The molecule has 4 heteroatoms. The molecule has 4 saturated carbocycles. The van der Waals surface area contributed by atoms with E-state index >= 15 is 0 Å². The van der Waals surface area contributed by atoms with E-state index in [1.54, 1.807) is 0 Å². The Balaban J connectivity index is 0.00000144. The topological polar surface area (TPSA) is 32.3 Å². The van der Waals surface area contributed by atoms with Gasteiger partial charge in [-0.25, -0.2) is 0 Å². The van der Waals surface area contributed by atoms with Gasteiger partial charge in [0, 0.05) is 19.5 Å². The van der Waals surface area contributed by atoms with Crippen LogP contribution in [0.25, 0.3) is 0 Å². The van der Waals surface area contributed by atoms with Crippen molar-refractivity contribution in [1.29, 1.82) is 0 Å². The summed E-state index contributed by atoms with van der Waals surface area (Å²) in [7, 11) is 2.07. The highest BCUT2D eigenvalue weighted by Gasteiger charge is 2.51. The second-order valence-electron chi connectivity index (χ2n) is 8.64. The summed E-state index contributed by atoms with van der Waals surface area (Å²) in [5, 5.41) is 3.36. The molecule has 126 valence electrons. The van der Waals surface area contributed by atoms with Gasteiger partial charge in [0.25, 0.3) is 0 Å². The molecule has 1 heterocycles. The molecule has 1 aliphatic heterocycles. The normalized spacial score (nSPS) is 40.3. The van der Waals surface area contributed by atoms with Crippen LogP contribution in [0.2, 0.25) is 0 Å². The predicted octanol–water partition coefficient (Wildman–Crippen LogP) is 3.08. The first-order valence-corrected chi connectivity index (χ1v) is 9.09. The van der Waals surface area contributed by atoms with Crippen LogP contribution >= 0.6 is 12.4 Å². The van der Waals surface area contributed by atoms with Crippen molar-refractivity contribution >= 4 is 18.3 Å². The van der Waals surface area contributed by atoms with Crippen LogP contribution < -0.4 is 5.32 Å². The third kappa shape index (κ3) is 3.03. The summed E-state index contributed by atoms with van der Waals surface area (Å²) in [6.07, 6.45) is 10.8. The quantitative estimate of drug-likeness (QED) is 0.864. The van der Waals surface area contributed by atoms with Gasteiger partial charge in [-0.3, -0.25) is 4.79 Å². The Morgan fingerprint density at radius 1 is 1.05 bits per heavy atom. The van der Waals surface area contributed by atoms with Gasteiger partial charge in [0.05, 0.1) is 0 Å². The fourth-order valence-electron chi connectivity index (χ4n) is 6.45. The first-order valence-electron chi connectivity index (χ1n) is 9.09. The highest BCUT2D eigenvalue weighted by atomic mass is 35.5. The second-order valence-corrected chi connectivity index (χ2v) is 8.64. The molecule has 0 radical (unpaired) electrons. The number of halogens is 1. The van der Waals surface area contributed by atoms with Crippen molar-refractivity contribution in [3.63, 3.8) is 0 Å². The van der Waals surface area contributed by atoms with Crippen LogP contribution in [0.1, 0.15) is 51.4 Å². The Morgan fingerprint density at radius 3 is 2.05 bits per heavy atom. The number of carbonyl (C=O) groups excluding carboxylic acids is 1. The van der Waals surface area contributed by atoms with Gasteiger partial charge in [0.15, 0.2) is 0 Å². The number of piperidine rings is 1. The lowest BCUT2D eigenvalue weighted by Gasteiger charge is -2.57. The summed E-state index contributed by atoms with van der Waals surface area (Å²) in [6, 6.07) is 0. The Labute approximate surface area is 141 Å². The van der Waals surface area contributed by atoms with Gasteiger partial charge in [-0.15, -0.1) is 12.4 Å². The number of carbonyl (C=O) groups is 1. The van der Waals surface area contributed by atoms with Gasteiger partial charge in [-0.05, 0) is 87.6 Å². The molecule has 5 fully saturated rings. The van der Waals surface area contributed by atoms with Crippen LogP contribution in [0.15, 0.2) is 0 Å². The summed E-state index contributed by atoms with van der Waals surface area (Å²) < 4.78 is 0. The van der Waals surface area contributed by atoms with E-state index in [0.717, 1.165) is 50.2 Å². The number of rotatable bonds is 3. The molecular formula is C18H31ClN2O. The summed E-state index contributed by atoms with van der Waals surface area (Å²) in [5.41, 5.74) is 0.492. The minimum absolute atomic E-state index is 0. The molecule has 5 rings (SSSR count). The first-order chi connectivity index (χ1) is 10.1. The van der Waals surface area contributed by atoms with Crippen molar-refractivity contribution < 1.29 is 4.79 Å². The van der Waals surface area contributed by atoms with Crippen molar-refractivity contribution in [2.75, 3.05) is 26.7 Å². The highest BCUT2D eigenvalue weighted by molar-refractivity contribution is 5.85. The average Bonchev–Trinajstić information content (AvgIpc) is 2.45. The van der Waals surface area contributed by atoms with E-state index in [-0.39, 0.29) is 18.3 Å². The largest absolute Gasteiger partial charge is 0.345 e. The van der Waals surface area contributed by atoms with Crippen LogP contribution in [0.5, 0.6) is 0 Å². The summed E-state index contributed by atoms with van der Waals surface area (Å²) in [5.74, 6) is 3.66. The zero-order valence-corrected chi connectivity index (χ0v) is 14.7. The van der Waals surface area contributed by atoms with E-state index in [1.807, 2.05) is 0 Å². The van der Waals surface area contributed by atoms with Crippen LogP contribution in [-0.4, -0.2) is 37.5 Å². The smallest absolute Gasteiger partial charge is 0.225 e. The van der Waals surface area contributed by atoms with Crippen LogP contribution in [0.4, 0.5) is 0 Å². The van der Waals surface area contributed by atoms with E-state index in [0.29, 0.717) is 11.3 Å². The molecule has 0 aromatic heterocycles. The van der Waals surface area contributed by atoms with Gasteiger partial charge >= 0.3 is 0 Å². The summed E-state index contributed by atoms with van der Waals surface area (Å²) >= 11 is 0. The molecule has 0 aromatic carbocycles. The Morgan fingerprint density at radius 2 is 1.55 bits per heavy atom. The van der Waals surface area contributed by atoms with Gasteiger partial charge in [0.1, 0.15) is 0 Å². The van der Waals surface area contributed by atoms with Crippen LogP contribution in [-0.2, 0) is 4.79 Å². The number of nitrogens with zero attached hydrogens (tertiary/aromatic N) is 1. The molecule has 0 atom stereocenters. The minimum Gasteiger partial charge on any atom is -0.345 e. The van der Waals surface area contributed by atoms with Crippen LogP contribution in [0.3, 0.4) is 0 Å². The van der Waals surface area contributed by atoms with Gasteiger partial charge < -0.3 is 10.2 Å².